The molecule has 4 heteroatoms. The molecular weight excluding hydrogens is 244 g/mol. The second kappa shape index (κ2) is 4.43. The van der Waals surface area contributed by atoms with Gasteiger partial charge in [0.15, 0.2) is 0 Å². The molecule has 0 aromatic carbocycles. The van der Waals surface area contributed by atoms with Gasteiger partial charge in [0.2, 0.25) is 0 Å². The Kier molecular flexibility index (Phi) is 3.48. The van der Waals surface area contributed by atoms with Crippen LogP contribution in [0.5, 0.6) is 0 Å². The highest BCUT2D eigenvalue weighted by Crippen LogP contribution is 2.07. The Morgan fingerprint density at radius 1 is 1.71 bits per heavy atom. The Morgan fingerprint density at radius 3 is 2.93 bits per heavy atom. The highest BCUT2D eigenvalue weighted by molar-refractivity contribution is 9.10. The Hall–Kier alpha value is -1.08. The number of pyridine rings is 1. The standard InChI is InChI=1S/C10H11BrN2O/c1-7-3-9(11)10(14)13(5-7)6-8(2)4-12/h3,5,8H,6H2,1-2H3. The highest BCUT2D eigenvalue weighted by Gasteiger charge is 2.05. The zero-order valence-electron chi connectivity index (χ0n) is 8.12. The number of nitriles is 1. The van der Waals surface area contributed by atoms with Crippen molar-refractivity contribution in [3.8, 4) is 6.07 Å². The van der Waals surface area contributed by atoms with Gasteiger partial charge < -0.3 is 4.57 Å². The first kappa shape index (κ1) is 11.0. The maximum atomic E-state index is 11.6. The molecule has 0 amide bonds. The molecule has 0 N–H and O–H groups in total. The van der Waals surface area contributed by atoms with Gasteiger partial charge in [-0.2, -0.15) is 5.26 Å². The lowest BCUT2D eigenvalue weighted by Crippen LogP contribution is -2.23. The summed E-state index contributed by atoms with van der Waals surface area (Å²) in [6, 6.07) is 3.88. The lowest BCUT2D eigenvalue weighted by molar-refractivity contribution is 0.561. The van der Waals surface area contributed by atoms with Crippen molar-refractivity contribution in [1.82, 2.24) is 4.57 Å². The highest BCUT2D eigenvalue weighted by atomic mass is 79.9. The fraction of sp³-hybridized carbons (Fsp3) is 0.400. The number of aryl methyl sites for hydroxylation is 1. The number of hydrogen-bond donors (Lipinski definition) is 0. The van der Waals surface area contributed by atoms with Gasteiger partial charge in [0, 0.05) is 12.7 Å². The van der Waals surface area contributed by atoms with Gasteiger partial charge in [-0.05, 0) is 41.4 Å². The van der Waals surface area contributed by atoms with E-state index in [0.29, 0.717) is 11.0 Å². The number of aromatic nitrogens is 1. The van der Waals surface area contributed by atoms with Crippen molar-refractivity contribution in [1.29, 1.82) is 5.26 Å². The van der Waals surface area contributed by atoms with Crippen molar-refractivity contribution in [2.75, 3.05) is 0 Å². The summed E-state index contributed by atoms with van der Waals surface area (Å²) < 4.78 is 2.11. The van der Waals surface area contributed by atoms with Crippen LogP contribution < -0.4 is 5.56 Å². The summed E-state index contributed by atoms with van der Waals surface area (Å²) in [4.78, 5) is 11.6. The maximum Gasteiger partial charge on any atom is 0.264 e. The van der Waals surface area contributed by atoms with Gasteiger partial charge in [0.1, 0.15) is 0 Å². The predicted molar refractivity (Wildman–Crippen MR) is 57.9 cm³/mol. The van der Waals surface area contributed by atoms with Crippen molar-refractivity contribution in [3.63, 3.8) is 0 Å². The fourth-order valence-electron chi connectivity index (χ4n) is 1.21. The minimum Gasteiger partial charge on any atom is -0.313 e. The molecule has 14 heavy (non-hydrogen) atoms. The molecule has 1 aromatic heterocycles. The summed E-state index contributed by atoms with van der Waals surface area (Å²) in [5, 5.41) is 8.65. The minimum atomic E-state index is -0.151. The van der Waals surface area contributed by atoms with Crippen LogP contribution >= 0.6 is 15.9 Å². The summed E-state index contributed by atoms with van der Waals surface area (Å²) >= 11 is 3.19. The summed E-state index contributed by atoms with van der Waals surface area (Å²) in [5.41, 5.74) is 0.916. The minimum absolute atomic E-state index is 0.0855. The molecule has 74 valence electrons. The molecule has 0 bridgehead atoms. The van der Waals surface area contributed by atoms with Crippen LogP contribution in [0.3, 0.4) is 0 Å². The third-order valence-electron chi connectivity index (χ3n) is 1.87. The van der Waals surface area contributed by atoms with Gasteiger partial charge in [-0.25, -0.2) is 0 Å². The van der Waals surface area contributed by atoms with E-state index in [1.807, 2.05) is 6.92 Å². The number of rotatable bonds is 2. The quantitative estimate of drug-likeness (QED) is 0.812. The number of halogens is 1. The van der Waals surface area contributed by atoms with Crippen molar-refractivity contribution >= 4 is 15.9 Å². The zero-order chi connectivity index (χ0) is 10.7. The van der Waals surface area contributed by atoms with E-state index in [1.54, 1.807) is 23.8 Å². The monoisotopic (exact) mass is 254 g/mol. The molecule has 1 rings (SSSR count). The molecule has 0 radical (unpaired) electrons. The van der Waals surface area contributed by atoms with Crippen molar-refractivity contribution in [3.05, 3.63) is 32.7 Å². The second-order valence-electron chi connectivity index (χ2n) is 3.35. The van der Waals surface area contributed by atoms with E-state index in [-0.39, 0.29) is 11.5 Å². The van der Waals surface area contributed by atoms with Crippen LogP contribution in [0, 0.1) is 24.2 Å². The smallest absolute Gasteiger partial charge is 0.264 e. The van der Waals surface area contributed by atoms with Crippen LogP contribution in [0.1, 0.15) is 12.5 Å². The maximum absolute atomic E-state index is 11.6. The molecule has 3 nitrogen and oxygen atoms in total. The molecule has 0 spiro atoms. The van der Waals surface area contributed by atoms with E-state index < -0.39 is 0 Å². The van der Waals surface area contributed by atoms with Crippen LogP contribution in [-0.4, -0.2) is 4.57 Å². The number of nitrogens with zero attached hydrogens (tertiary/aromatic N) is 2. The Balaban J connectivity index is 3.10. The summed E-state index contributed by atoms with van der Waals surface area (Å²) in [6.07, 6.45) is 1.76. The SMILES string of the molecule is Cc1cc(Br)c(=O)n(CC(C)C#N)c1. The second-order valence-corrected chi connectivity index (χ2v) is 4.21. The molecule has 0 saturated heterocycles. The average molecular weight is 255 g/mol. The average Bonchev–Trinajstić information content (AvgIpc) is 2.13. The van der Waals surface area contributed by atoms with Gasteiger partial charge in [-0.3, -0.25) is 4.79 Å². The fourth-order valence-corrected chi connectivity index (χ4v) is 1.80. The first-order valence-electron chi connectivity index (χ1n) is 4.31. The Bertz CT molecular complexity index is 431. The molecule has 0 aliphatic rings. The van der Waals surface area contributed by atoms with Gasteiger partial charge in [-0.1, -0.05) is 0 Å². The summed E-state index contributed by atoms with van der Waals surface area (Å²) in [7, 11) is 0. The molecule has 0 aliphatic heterocycles. The van der Waals surface area contributed by atoms with Crippen LogP contribution in [0.25, 0.3) is 0 Å². The third kappa shape index (κ3) is 2.46. The predicted octanol–water partition coefficient (Wildman–Crippen LogP) is 2.08. The topological polar surface area (TPSA) is 45.8 Å². The van der Waals surface area contributed by atoms with E-state index in [4.69, 9.17) is 5.26 Å². The van der Waals surface area contributed by atoms with Crippen LogP contribution in [0.4, 0.5) is 0 Å². The largest absolute Gasteiger partial charge is 0.313 e. The normalized spacial score (nSPS) is 12.1. The van der Waals surface area contributed by atoms with E-state index in [0.717, 1.165) is 5.56 Å². The lowest BCUT2D eigenvalue weighted by atomic mass is 10.2. The molecule has 1 heterocycles. The zero-order valence-corrected chi connectivity index (χ0v) is 9.71. The lowest BCUT2D eigenvalue weighted by Gasteiger charge is -2.08. The van der Waals surface area contributed by atoms with Crippen molar-refractivity contribution in [2.24, 2.45) is 5.92 Å². The van der Waals surface area contributed by atoms with Crippen LogP contribution in [0.2, 0.25) is 0 Å². The summed E-state index contributed by atoms with van der Waals surface area (Å²) in [6.45, 7) is 4.15. The number of hydrogen-bond acceptors (Lipinski definition) is 2. The third-order valence-corrected chi connectivity index (χ3v) is 2.44. The van der Waals surface area contributed by atoms with Gasteiger partial charge in [0.05, 0.1) is 16.5 Å². The molecule has 0 fully saturated rings. The Morgan fingerprint density at radius 2 is 2.36 bits per heavy atom. The molecule has 1 unspecified atom stereocenters. The van der Waals surface area contributed by atoms with E-state index >= 15 is 0 Å². The molecule has 1 atom stereocenters. The molecule has 0 aliphatic carbocycles. The first-order valence-corrected chi connectivity index (χ1v) is 5.10. The van der Waals surface area contributed by atoms with Crippen LogP contribution in [-0.2, 0) is 6.54 Å². The van der Waals surface area contributed by atoms with Gasteiger partial charge in [-0.15, -0.1) is 0 Å². The van der Waals surface area contributed by atoms with Crippen molar-refractivity contribution < 1.29 is 0 Å². The van der Waals surface area contributed by atoms with Crippen molar-refractivity contribution in [2.45, 2.75) is 20.4 Å². The van der Waals surface area contributed by atoms with Crippen LogP contribution in [0.15, 0.2) is 21.5 Å². The molecule has 0 saturated carbocycles. The van der Waals surface area contributed by atoms with E-state index in [1.165, 1.54) is 0 Å². The molecule has 1 aromatic rings. The first-order chi connectivity index (χ1) is 6.54. The summed E-state index contributed by atoms with van der Waals surface area (Å²) in [5.74, 6) is -0.151. The molecular formula is C10H11BrN2O. The van der Waals surface area contributed by atoms with Gasteiger partial charge >= 0.3 is 0 Å². The van der Waals surface area contributed by atoms with E-state index in [2.05, 4.69) is 22.0 Å². The van der Waals surface area contributed by atoms with Gasteiger partial charge in [0.25, 0.3) is 5.56 Å². The van der Waals surface area contributed by atoms with E-state index in [9.17, 15) is 4.79 Å². The Labute approximate surface area is 91.1 Å².